The number of benzene rings is 2. The zero-order valence-corrected chi connectivity index (χ0v) is 18.1. The highest BCUT2D eigenvalue weighted by molar-refractivity contribution is 7.89. The predicted molar refractivity (Wildman–Crippen MR) is 116 cm³/mol. The van der Waals surface area contributed by atoms with Gasteiger partial charge in [0, 0.05) is 45.0 Å². The van der Waals surface area contributed by atoms with Crippen molar-refractivity contribution >= 4 is 21.6 Å². The normalized spacial score (nSPS) is 17.4. The molecule has 29 heavy (non-hydrogen) atoms. The third kappa shape index (κ3) is 5.16. The van der Waals surface area contributed by atoms with Crippen molar-refractivity contribution in [1.29, 1.82) is 0 Å². The van der Waals surface area contributed by atoms with E-state index in [9.17, 15) is 13.2 Å². The third-order valence-corrected chi connectivity index (χ3v) is 7.10. The molecule has 1 fully saturated rings. The molecule has 1 N–H and O–H groups in total. The Morgan fingerprint density at radius 3 is 2.55 bits per heavy atom. The van der Waals surface area contributed by atoms with E-state index in [4.69, 9.17) is 0 Å². The number of rotatable bonds is 6. The van der Waals surface area contributed by atoms with Crippen molar-refractivity contribution in [3.05, 3.63) is 59.7 Å². The molecule has 0 bridgehead atoms. The lowest BCUT2D eigenvalue weighted by atomic mass is 9.99. The van der Waals surface area contributed by atoms with E-state index in [0.717, 1.165) is 28.9 Å². The minimum absolute atomic E-state index is 0.107. The molecular weight excluding hydrogens is 386 g/mol. The van der Waals surface area contributed by atoms with Crippen molar-refractivity contribution in [2.24, 2.45) is 5.92 Å². The summed E-state index contributed by atoms with van der Waals surface area (Å²) in [7, 11) is -0.634. The fourth-order valence-electron chi connectivity index (χ4n) is 3.54. The highest BCUT2D eigenvalue weighted by Crippen LogP contribution is 2.23. The van der Waals surface area contributed by atoms with Gasteiger partial charge in [0.05, 0.1) is 4.90 Å². The second-order valence-electron chi connectivity index (χ2n) is 7.86. The monoisotopic (exact) mass is 415 g/mol. The average Bonchev–Trinajstić information content (AvgIpc) is 2.72. The summed E-state index contributed by atoms with van der Waals surface area (Å²) < 4.78 is 25.7. The number of nitrogens with zero attached hydrogens (tertiary/aromatic N) is 2. The summed E-state index contributed by atoms with van der Waals surface area (Å²) in [6.07, 6.45) is 2.51. The molecule has 7 heteroatoms. The Bertz CT molecular complexity index is 956. The second kappa shape index (κ2) is 8.97. The molecule has 156 valence electrons. The number of carbonyl (C=O) groups excluding carboxylic acids is 1. The number of amides is 1. The van der Waals surface area contributed by atoms with Crippen molar-refractivity contribution < 1.29 is 13.2 Å². The summed E-state index contributed by atoms with van der Waals surface area (Å²) in [4.78, 5) is 15.0. The van der Waals surface area contributed by atoms with E-state index in [2.05, 4.69) is 29.3 Å². The first kappa shape index (κ1) is 21.3. The van der Waals surface area contributed by atoms with Crippen LogP contribution >= 0.6 is 0 Å². The molecule has 1 atom stereocenters. The topological polar surface area (TPSA) is 69.7 Å². The molecule has 1 aliphatic rings. The third-order valence-electron chi connectivity index (χ3n) is 5.29. The van der Waals surface area contributed by atoms with Crippen LogP contribution in [-0.4, -0.2) is 45.8 Å². The van der Waals surface area contributed by atoms with E-state index in [-0.39, 0.29) is 10.8 Å². The van der Waals surface area contributed by atoms with Gasteiger partial charge in [0.1, 0.15) is 0 Å². The summed E-state index contributed by atoms with van der Waals surface area (Å²) in [5.41, 5.74) is 2.55. The van der Waals surface area contributed by atoms with Gasteiger partial charge in [-0.15, -0.1) is 0 Å². The fraction of sp³-hybridized carbons (Fsp3) is 0.409. The van der Waals surface area contributed by atoms with Gasteiger partial charge in [-0.2, -0.15) is 0 Å². The van der Waals surface area contributed by atoms with Crippen LogP contribution in [0.4, 0.5) is 5.69 Å². The Kier molecular flexibility index (Phi) is 6.59. The van der Waals surface area contributed by atoms with Crippen LogP contribution in [0.5, 0.6) is 0 Å². The van der Waals surface area contributed by atoms with E-state index in [1.807, 2.05) is 12.1 Å². The molecule has 1 amide bonds. The Hall–Kier alpha value is -2.38. The number of hydrogen-bond donors (Lipinski definition) is 1. The number of piperidine rings is 1. The van der Waals surface area contributed by atoms with Gasteiger partial charge in [0.2, 0.25) is 10.0 Å². The van der Waals surface area contributed by atoms with Crippen molar-refractivity contribution in [3.63, 3.8) is 0 Å². The smallest absolute Gasteiger partial charge is 0.251 e. The molecule has 0 saturated carbocycles. The maximum absolute atomic E-state index is 12.5. The van der Waals surface area contributed by atoms with Gasteiger partial charge in [-0.1, -0.05) is 25.1 Å². The highest BCUT2D eigenvalue weighted by Gasteiger charge is 2.19. The molecule has 1 saturated heterocycles. The number of anilines is 1. The van der Waals surface area contributed by atoms with E-state index in [1.54, 1.807) is 12.1 Å². The van der Waals surface area contributed by atoms with Gasteiger partial charge in [-0.05, 0) is 54.7 Å². The molecule has 1 aliphatic heterocycles. The summed E-state index contributed by atoms with van der Waals surface area (Å²) in [6, 6.07) is 14.4. The van der Waals surface area contributed by atoms with E-state index in [1.165, 1.54) is 44.8 Å². The van der Waals surface area contributed by atoms with E-state index < -0.39 is 10.0 Å². The largest absolute Gasteiger partial charge is 0.371 e. The number of nitrogens with one attached hydrogen (secondary N) is 1. The molecular formula is C22H29N3O3S. The molecule has 0 spiro atoms. The number of hydrogen-bond acceptors (Lipinski definition) is 4. The highest BCUT2D eigenvalue weighted by atomic mass is 32.2. The minimum atomic E-state index is -3.57. The Balaban J connectivity index is 1.62. The number of carbonyl (C=O) groups is 1. The molecule has 2 aromatic carbocycles. The summed E-state index contributed by atoms with van der Waals surface area (Å²) in [5, 5.41) is 2.87. The molecule has 0 aliphatic carbocycles. The molecule has 2 aromatic rings. The van der Waals surface area contributed by atoms with Crippen LogP contribution in [0.25, 0.3) is 0 Å². The van der Waals surface area contributed by atoms with Crippen LogP contribution in [0.15, 0.2) is 53.4 Å². The zero-order chi connectivity index (χ0) is 21.0. The lowest BCUT2D eigenvalue weighted by Crippen LogP contribution is -2.34. The van der Waals surface area contributed by atoms with Gasteiger partial charge in [-0.3, -0.25) is 4.79 Å². The first-order valence-corrected chi connectivity index (χ1v) is 11.4. The second-order valence-corrected chi connectivity index (χ2v) is 10.0. The first-order valence-electron chi connectivity index (χ1n) is 9.92. The Morgan fingerprint density at radius 1 is 1.17 bits per heavy atom. The summed E-state index contributed by atoms with van der Waals surface area (Å²) in [5.74, 6) is 0.421. The van der Waals surface area contributed by atoms with Crippen LogP contribution in [0, 0.1) is 5.92 Å². The quantitative estimate of drug-likeness (QED) is 0.787. The van der Waals surface area contributed by atoms with E-state index in [0.29, 0.717) is 12.1 Å². The maximum Gasteiger partial charge on any atom is 0.251 e. The Morgan fingerprint density at radius 2 is 1.90 bits per heavy atom. The molecule has 0 unspecified atom stereocenters. The molecule has 1 heterocycles. The van der Waals surface area contributed by atoms with Crippen molar-refractivity contribution in [2.45, 2.75) is 31.2 Å². The first-order chi connectivity index (χ1) is 13.8. The lowest BCUT2D eigenvalue weighted by molar-refractivity contribution is 0.0950. The predicted octanol–water partition coefficient (Wildman–Crippen LogP) is 3.10. The minimum Gasteiger partial charge on any atom is -0.371 e. The van der Waals surface area contributed by atoms with Gasteiger partial charge in [0.15, 0.2) is 0 Å². The lowest BCUT2D eigenvalue weighted by Gasteiger charge is -2.32. The Labute approximate surface area is 173 Å². The van der Waals surface area contributed by atoms with Crippen molar-refractivity contribution in [3.8, 4) is 0 Å². The molecule has 3 rings (SSSR count). The number of sulfonamides is 1. The van der Waals surface area contributed by atoms with Gasteiger partial charge in [-0.25, -0.2) is 12.7 Å². The molecule has 6 nitrogen and oxygen atoms in total. The standard InChI is InChI=1S/C22H29N3O3S/c1-17-6-5-13-25(16-17)20-11-9-18(10-12-20)15-23-22(26)19-7-4-8-21(14-19)29(27,28)24(2)3/h4,7-12,14,17H,5-6,13,15-16H2,1-3H3,(H,23,26)/t17-/m1/s1. The molecule has 0 aromatic heterocycles. The van der Waals surface area contributed by atoms with Crippen molar-refractivity contribution in [2.75, 3.05) is 32.1 Å². The van der Waals surface area contributed by atoms with Gasteiger partial charge < -0.3 is 10.2 Å². The van der Waals surface area contributed by atoms with Crippen LogP contribution < -0.4 is 10.2 Å². The SMILES string of the molecule is C[C@@H]1CCCN(c2ccc(CNC(=O)c3cccc(S(=O)(=O)N(C)C)c3)cc2)C1. The van der Waals surface area contributed by atoms with Gasteiger partial charge >= 0.3 is 0 Å². The van der Waals surface area contributed by atoms with Crippen molar-refractivity contribution in [1.82, 2.24) is 9.62 Å². The van der Waals surface area contributed by atoms with E-state index >= 15 is 0 Å². The average molecular weight is 416 g/mol. The van der Waals surface area contributed by atoms with Crippen LogP contribution in [0.2, 0.25) is 0 Å². The van der Waals surface area contributed by atoms with Crippen LogP contribution in [-0.2, 0) is 16.6 Å². The fourth-order valence-corrected chi connectivity index (χ4v) is 4.49. The zero-order valence-electron chi connectivity index (χ0n) is 17.3. The summed E-state index contributed by atoms with van der Waals surface area (Å²) >= 11 is 0. The maximum atomic E-state index is 12.5. The van der Waals surface area contributed by atoms with Gasteiger partial charge in [0.25, 0.3) is 5.91 Å². The summed E-state index contributed by atoms with van der Waals surface area (Å²) in [6.45, 7) is 4.85. The van der Waals surface area contributed by atoms with Crippen LogP contribution in [0.3, 0.4) is 0 Å². The molecule has 0 radical (unpaired) electrons. The van der Waals surface area contributed by atoms with Crippen LogP contribution in [0.1, 0.15) is 35.7 Å².